The highest BCUT2D eigenvalue weighted by molar-refractivity contribution is 7.80. The van der Waals surface area contributed by atoms with E-state index in [-0.39, 0.29) is 10.8 Å². The Morgan fingerprint density at radius 3 is 2.73 bits per heavy atom. The number of carbonyl (C=O) groups excluding carboxylic acids is 1. The van der Waals surface area contributed by atoms with Gasteiger partial charge in [-0.1, -0.05) is 23.7 Å². The molecule has 9 heteroatoms. The third-order valence-corrected chi connectivity index (χ3v) is 3.65. The molecule has 2 aromatic carbocycles. The Morgan fingerprint density at radius 1 is 1.31 bits per heavy atom. The van der Waals surface area contributed by atoms with Crippen LogP contribution >= 0.6 is 23.8 Å². The van der Waals surface area contributed by atoms with Gasteiger partial charge in [-0.3, -0.25) is 20.2 Å². The van der Waals surface area contributed by atoms with E-state index < -0.39 is 10.8 Å². The van der Waals surface area contributed by atoms with Gasteiger partial charge in [0.15, 0.2) is 5.11 Å². The first-order chi connectivity index (χ1) is 12.4. The van der Waals surface area contributed by atoms with E-state index in [1.807, 2.05) is 0 Å². The molecule has 26 heavy (non-hydrogen) atoms. The fourth-order valence-electron chi connectivity index (χ4n) is 1.97. The molecule has 0 aliphatic rings. The van der Waals surface area contributed by atoms with Gasteiger partial charge in [0.1, 0.15) is 5.75 Å². The molecule has 0 atom stereocenters. The molecule has 0 aliphatic carbocycles. The van der Waals surface area contributed by atoms with Crippen LogP contribution in [0.15, 0.2) is 48.5 Å². The largest absolute Gasteiger partial charge is 0.495 e. The van der Waals surface area contributed by atoms with Crippen molar-refractivity contribution >= 4 is 52.3 Å². The maximum atomic E-state index is 11.9. The maximum absolute atomic E-state index is 11.9. The first kappa shape index (κ1) is 19.4. The highest BCUT2D eigenvalue weighted by atomic mass is 35.5. The lowest BCUT2D eigenvalue weighted by atomic mass is 10.2. The molecule has 0 radical (unpaired) electrons. The number of rotatable bonds is 5. The molecule has 7 nitrogen and oxygen atoms in total. The summed E-state index contributed by atoms with van der Waals surface area (Å²) in [6, 6.07) is 10.9. The van der Waals surface area contributed by atoms with Crippen LogP contribution in [-0.2, 0) is 4.79 Å². The van der Waals surface area contributed by atoms with E-state index in [4.69, 9.17) is 28.6 Å². The van der Waals surface area contributed by atoms with Crippen molar-refractivity contribution in [2.45, 2.75) is 0 Å². The van der Waals surface area contributed by atoms with Crippen LogP contribution in [0.25, 0.3) is 6.08 Å². The second-order valence-corrected chi connectivity index (χ2v) is 5.79. The lowest BCUT2D eigenvalue weighted by Gasteiger charge is -2.10. The Morgan fingerprint density at radius 2 is 2.08 bits per heavy atom. The first-order valence-corrected chi connectivity index (χ1v) is 8.05. The minimum absolute atomic E-state index is 0.0545. The summed E-state index contributed by atoms with van der Waals surface area (Å²) >= 11 is 11.1. The Bertz CT molecular complexity index is 886. The number of thiocarbonyl (C=S) groups is 1. The Hall–Kier alpha value is -2.97. The van der Waals surface area contributed by atoms with Crippen LogP contribution in [0.1, 0.15) is 5.56 Å². The van der Waals surface area contributed by atoms with Crippen LogP contribution in [0.2, 0.25) is 5.02 Å². The Labute approximate surface area is 159 Å². The van der Waals surface area contributed by atoms with Crippen LogP contribution in [0.4, 0.5) is 11.4 Å². The SMILES string of the molecule is COc1ccc(NC(=S)NC(=O)C=Cc2cccc([N+](=O)[O-])c2)cc1Cl. The summed E-state index contributed by atoms with van der Waals surface area (Å²) in [6.07, 6.45) is 2.68. The van der Waals surface area contributed by atoms with Crippen LogP contribution in [-0.4, -0.2) is 23.1 Å². The van der Waals surface area contributed by atoms with Crippen molar-refractivity contribution in [1.82, 2.24) is 5.32 Å². The molecule has 1 amide bonds. The van der Waals surface area contributed by atoms with E-state index in [1.165, 1.54) is 37.5 Å². The number of halogens is 1. The summed E-state index contributed by atoms with van der Waals surface area (Å²) in [7, 11) is 1.51. The van der Waals surface area contributed by atoms with Crippen molar-refractivity contribution in [3.05, 3.63) is 69.2 Å². The number of ether oxygens (including phenoxy) is 1. The van der Waals surface area contributed by atoms with E-state index in [9.17, 15) is 14.9 Å². The van der Waals surface area contributed by atoms with Crippen LogP contribution in [0, 0.1) is 10.1 Å². The van der Waals surface area contributed by atoms with Crippen molar-refractivity contribution in [2.75, 3.05) is 12.4 Å². The van der Waals surface area contributed by atoms with Crippen molar-refractivity contribution in [3.8, 4) is 5.75 Å². The molecule has 0 aromatic heterocycles. The number of nitrogens with one attached hydrogen (secondary N) is 2. The third kappa shape index (κ3) is 5.54. The topological polar surface area (TPSA) is 93.5 Å². The summed E-state index contributed by atoms with van der Waals surface area (Å²) in [6.45, 7) is 0. The predicted octanol–water partition coefficient (Wildman–Crippen LogP) is 3.78. The second-order valence-electron chi connectivity index (χ2n) is 4.98. The molecule has 2 aromatic rings. The predicted molar refractivity (Wildman–Crippen MR) is 104 cm³/mol. The van der Waals surface area contributed by atoms with Gasteiger partial charge in [-0.2, -0.15) is 0 Å². The average Bonchev–Trinajstić information content (AvgIpc) is 2.60. The van der Waals surface area contributed by atoms with E-state index in [1.54, 1.807) is 24.3 Å². The summed E-state index contributed by atoms with van der Waals surface area (Å²) in [5.74, 6) is 0.0423. The maximum Gasteiger partial charge on any atom is 0.270 e. The normalized spacial score (nSPS) is 10.4. The van der Waals surface area contributed by atoms with Gasteiger partial charge in [0.2, 0.25) is 5.91 Å². The Kier molecular flexibility index (Phi) is 6.65. The van der Waals surface area contributed by atoms with Crippen LogP contribution in [0.3, 0.4) is 0 Å². The molecule has 0 unspecified atom stereocenters. The number of carbonyl (C=O) groups is 1. The smallest absolute Gasteiger partial charge is 0.270 e. The Balaban J connectivity index is 1.94. The van der Waals surface area contributed by atoms with Crippen molar-refractivity contribution < 1.29 is 14.5 Å². The number of methoxy groups -OCH3 is 1. The highest BCUT2D eigenvalue weighted by Crippen LogP contribution is 2.27. The van der Waals surface area contributed by atoms with E-state index in [2.05, 4.69) is 10.6 Å². The zero-order valence-corrected chi connectivity index (χ0v) is 15.1. The van der Waals surface area contributed by atoms with Crippen LogP contribution < -0.4 is 15.4 Å². The van der Waals surface area contributed by atoms with Gasteiger partial charge in [-0.25, -0.2) is 0 Å². The highest BCUT2D eigenvalue weighted by Gasteiger charge is 2.06. The number of anilines is 1. The van der Waals surface area contributed by atoms with Gasteiger partial charge in [0, 0.05) is 23.9 Å². The van der Waals surface area contributed by atoms with Crippen molar-refractivity contribution in [2.24, 2.45) is 0 Å². The summed E-state index contributed by atoms with van der Waals surface area (Å²) in [4.78, 5) is 22.1. The molecule has 0 spiro atoms. The number of benzene rings is 2. The zero-order valence-electron chi connectivity index (χ0n) is 13.6. The number of hydrogen-bond acceptors (Lipinski definition) is 5. The molecule has 0 saturated heterocycles. The summed E-state index contributed by atoms with van der Waals surface area (Å²) in [5, 5.41) is 16.5. The van der Waals surface area contributed by atoms with E-state index in [0.29, 0.717) is 22.0 Å². The molecule has 0 fully saturated rings. The average molecular weight is 392 g/mol. The molecular weight excluding hydrogens is 378 g/mol. The van der Waals surface area contributed by atoms with Gasteiger partial charge >= 0.3 is 0 Å². The number of nitro benzene ring substituents is 1. The fraction of sp³-hybridized carbons (Fsp3) is 0.0588. The fourth-order valence-corrected chi connectivity index (χ4v) is 2.45. The van der Waals surface area contributed by atoms with Gasteiger partial charge in [-0.15, -0.1) is 0 Å². The molecule has 0 saturated carbocycles. The van der Waals surface area contributed by atoms with E-state index in [0.717, 1.165) is 0 Å². The minimum atomic E-state index is -0.504. The van der Waals surface area contributed by atoms with Crippen molar-refractivity contribution in [3.63, 3.8) is 0 Å². The van der Waals surface area contributed by atoms with Crippen molar-refractivity contribution in [1.29, 1.82) is 0 Å². The molecule has 0 bridgehead atoms. The monoisotopic (exact) mass is 391 g/mol. The zero-order chi connectivity index (χ0) is 19.1. The lowest BCUT2D eigenvalue weighted by Crippen LogP contribution is -2.32. The summed E-state index contributed by atoms with van der Waals surface area (Å²) in [5.41, 5.74) is 1.06. The quantitative estimate of drug-likeness (QED) is 0.348. The van der Waals surface area contributed by atoms with Gasteiger partial charge in [0.05, 0.1) is 17.1 Å². The second kappa shape index (κ2) is 8.93. The van der Waals surface area contributed by atoms with Crippen LogP contribution in [0.5, 0.6) is 5.75 Å². The summed E-state index contributed by atoms with van der Waals surface area (Å²) < 4.78 is 5.05. The molecule has 2 rings (SSSR count). The third-order valence-electron chi connectivity index (χ3n) is 3.15. The van der Waals surface area contributed by atoms with E-state index >= 15 is 0 Å². The number of hydrogen-bond donors (Lipinski definition) is 2. The van der Waals surface area contributed by atoms with Gasteiger partial charge in [-0.05, 0) is 42.1 Å². The standard InChI is InChI=1S/C17H14ClN3O4S/c1-25-15-7-6-12(10-14(15)18)19-17(26)20-16(22)8-5-11-3-2-4-13(9-11)21(23)24/h2-10H,1H3,(H2,19,20,22,26). The van der Waals surface area contributed by atoms with Gasteiger partial charge in [0.25, 0.3) is 5.69 Å². The minimum Gasteiger partial charge on any atom is -0.495 e. The number of nitrogens with zero attached hydrogens (tertiary/aromatic N) is 1. The number of non-ortho nitro benzene ring substituents is 1. The molecule has 0 aliphatic heterocycles. The number of amides is 1. The first-order valence-electron chi connectivity index (χ1n) is 7.27. The number of nitro groups is 1. The molecule has 2 N–H and O–H groups in total. The molecular formula is C17H14ClN3O4S. The molecule has 0 heterocycles. The molecule has 134 valence electrons. The van der Waals surface area contributed by atoms with Gasteiger partial charge < -0.3 is 10.1 Å². The lowest BCUT2D eigenvalue weighted by molar-refractivity contribution is -0.384.